The average Bonchev–Trinajstić information content (AvgIpc) is 3.08. The van der Waals surface area contributed by atoms with Crippen LogP contribution in [0.4, 0.5) is 0 Å². The van der Waals surface area contributed by atoms with Gasteiger partial charge in [0.1, 0.15) is 18.8 Å². The second-order valence-corrected chi connectivity index (χ2v) is 9.26. The van der Waals surface area contributed by atoms with Gasteiger partial charge in [-0.3, -0.25) is 9.59 Å². The second-order valence-electron chi connectivity index (χ2n) is 8.83. The summed E-state index contributed by atoms with van der Waals surface area (Å²) in [6.07, 6.45) is 0.0158. The van der Waals surface area contributed by atoms with Crippen molar-refractivity contribution >= 4 is 29.1 Å². The SMILES string of the molecule is CC(C)Oc1ccc(C2C(=C([O-])c3ccc(Cl)cc3)C(=O)C(=O)N2CC[NH+]2CCOCC2)cc1. The number of Topliss-reactive ketones (excluding diaryl/α,β-unsaturated/α-hetero) is 1. The molecule has 1 amide bonds. The van der Waals surface area contributed by atoms with Gasteiger partial charge in [-0.2, -0.15) is 0 Å². The molecule has 2 aromatic carbocycles. The van der Waals surface area contributed by atoms with Crippen molar-refractivity contribution in [2.75, 3.05) is 39.4 Å². The summed E-state index contributed by atoms with van der Waals surface area (Å²) in [6.45, 7) is 7.97. The van der Waals surface area contributed by atoms with Crippen LogP contribution in [0.2, 0.25) is 5.02 Å². The lowest BCUT2D eigenvalue weighted by atomic mass is 9.95. The van der Waals surface area contributed by atoms with E-state index in [2.05, 4.69) is 0 Å². The standard InChI is InChI=1S/C26H29ClN2O5/c1-17(2)34-21-9-5-18(6-10-21)23-22(24(30)19-3-7-20(27)8-4-19)25(31)26(32)29(23)12-11-28-13-15-33-16-14-28/h3-10,17,23,30H,11-16H2,1-2H3. The third-order valence-electron chi connectivity index (χ3n) is 6.11. The fourth-order valence-electron chi connectivity index (χ4n) is 4.39. The molecule has 2 saturated heterocycles. The number of hydrogen-bond donors (Lipinski definition) is 1. The van der Waals surface area contributed by atoms with Crippen molar-refractivity contribution in [3.63, 3.8) is 0 Å². The molecule has 180 valence electrons. The van der Waals surface area contributed by atoms with Crippen LogP contribution in [0.25, 0.3) is 5.76 Å². The third-order valence-corrected chi connectivity index (χ3v) is 6.36. The number of carbonyl (C=O) groups excluding carboxylic acids is 2. The predicted molar refractivity (Wildman–Crippen MR) is 126 cm³/mol. The molecule has 1 unspecified atom stereocenters. The van der Waals surface area contributed by atoms with Crippen molar-refractivity contribution in [1.82, 2.24) is 4.90 Å². The number of carbonyl (C=O) groups is 2. The fourth-order valence-corrected chi connectivity index (χ4v) is 4.52. The maximum absolute atomic E-state index is 13.4. The monoisotopic (exact) mass is 484 g/mol. The van der Waals surface area contributed by atoms with Crippen molar-refractivity contribution in [1.29, 1.82) is 0 Å². The van der Waals surface area contributed by atoms with Crippen molar-refractivity contribution in [3.05, 3.63) is 70.3 Å². The number of morpholine rings is 1. The number of ketones is 1. The van der Waals surface area contributed by atoms with E-state index in [1.165, 1.54) is 9.80 Å². The Labute approximate surface area is 204 Å². The average molecular weight is 485 g/mol. The Bertz CT molecular complexity index is 1060. The summed E-state index contributed by atoms with van der Waals surface area (Å²) in [4.78, 5) is 29.1. The largest absolute Gasteiger partial charge is 0.872 e. The minimum absolute atomic E-state index is 0.0158. The zero-order valence-electron chi connectivity index (χ0n) is 19.4. The Kier molecular flexibility index (Phi) is 7.56. The van der Waals surface area contributed by atoms with Crippen molar-refractivity contribution in [2.24, 2.45) is 0 Å². The number of ether oxygens (including phenoxy) is 2. The molecular weight excluding hydrogens is 456 g/mol. The number of rotatable bonds is 7. The van der Waals surface area contributed by atoms with E-state index in [1.807, 2.05) is 26.0 Å². The number of hydrogen-bond acceptors (Lipinski definition) is 5. The van der Waals surface area contributed by atoms with Crippen LogP contribution in [-0.2, 0) is 14.3 Å². The molecule has 2 aromatic rings. The number of benzene rings is 2. The molecule has 0 saturated carbocycles. The Morgan fingerprint density at radius 2 is 1.76 bits per heavy atom. The molecule has 0 spiro atoms. The highest BCUT2D eigenvalue weighted by Crippen LogP contribution is 2.39. The summed E-state index contributed by atoms with van der Waals surface area (Å²) in [5.74, 6) is -1.16. The van der Waals surface area contributed by atoms with E-state index in [0.717, 1.165) is 13.1 Å². The van der Waals surface area contributed by atoms with E-state index in [0.29, 0.717) is 48.2 Å². The Balaban J connectivity index is 1.71. The molecule has 0 bridgehead atoms. The number of nitrogens with zero attached hydrogens (tertiary/aromatic N) is 1. The molecule has 1 atom stereocenters. The highest BCUT2D eigenvalue weighted by atomic mass is 35.5. The van der Waals surface area contributed by atoms with Crippen LogP contribution in [0.5, 0.6) is 5.75 Å². The summed E-state index contributed by atoms with van der Waals surface area (Å²) in [5, 5.41) is 13.9. The van der Waals surface area contributed by atoms with Gasteiger partial charge in [-0.1, -0.05) is 41.6 Å². The molecule has 0 aromatic heterocycles. The van der Waals surface area contributed by atoms with Crippen LogP contribution >= 0.6 is 11.6 Å². The summed E-state index contributed by atoms with van der Waals surface area (Å²) in [6, 6.07) is 12.8. The maximum Gasteiger partial charge on any atom is 0.295 e. The van der Waals surface area contributed by atoms with Gasteiger partial charge in [0.2, 0.25) is 5.78 Å². The quantitative estimate of drug-likeness (QED) is 0.363. The summed E-state index contributed by atoms with van der Waals surface area (Å²) < 4.78 is 11.2. The van der Waals surface area contributed by atoms with Crippen LogP contribution in [-0.4, -0.2) is 62.1 Å². The van der Waals surface area contributed by atoms with Crippen LogP contribution in [0.3, 0.4) is 0 Å². The first kappa shape index (κ1) is 24.3. The van der Waals surface area contributed by atoms with Gasteiger partial charge in [-0.05, 0) is 49.2 Å². The van der Waals surface area contributed by atoms with Crippen molar-refractivity contribution < 1.29 is 29.1 Å². The highest BCUT2D eigenvalue weighted by Gasteiger charge is 2.44. The molecule has 8 heteroatoms. The molecule has 0 radical (unpaired) electrons. The second kappa shape index (κ2) is 10.6. The van der Waals surface area contributed by atoms with Gasteiger partial charge in [-0.25, -0.2) is 0 Å². The Hall–Kier alpha value is -2.87. The highest BCUT2D eigenvalue weighted by molar-refractivity contribution is 6.46. The van der Waals surface area contributed by atoms with Crippen LogP contribution in [0.1, 0.15) is 31.0 Å². The number of quaternary nitrogens is 1. The zero-order chi connectivity index (χ0) is 24.2. The summed E-state index contributed by atoms with van der Waals surface area (Å²) in [5.41, 5.74) is 0.998. The molecule has 1 N–H and O–H groups in total. The smallest absolute Gasteiger partial charge is 0.295 e. The Morgan fingerprint density at radius 3 is 2.38 bits per heavy atom. The van der Waals surface area contributed by atoms with E-state index in [9.17, 15) is 14.7 Å². The normalized spacial score (nSPS) is 20.8. The van der Waals surface area contributed by atoms with Crippen LogP contribution in [0, 0.1) is 0 Å². The van der Waals surface area contributed by atoms with Gasteiger partial charge in [0.25, 0.3) is 5.91 Å². The van der Waals surface area contributed by atoms with E-state index < -0.39 is 23.5 Å². The maximum atomic E-state index is 13.4. The van der Waals surface area contributed by atoms with Gasteiger partial charge >= 0.3 is 0 Å². The molecule has 4 rings (SSSR count). The van der Waals surface area contributed by atoms with E-state index >= 15 is 0 Å². The first-order valence-electron chi connectivity index (χ1n) is 11.6. The van der Waals surface area contributed by atoms with Gasteiger partial charge in [0, 0.05) is 10.6 Å². The number of halogens is 1. The molecule has 34 heavy (non-hydrogen) atoms. The molecule has 7 nitrogen and oxygen atoms in total. The van der Waals surface area contributed by atoms with Crippen LogP contribution < -0.4 is 14.7 Å². The predicted octanol–water partition coefficient (Wildman–Crippen LogP) is 1.27. The van der Waals surface area contributed by atoms with Crippen molar-refractivity contribution in [2.45, 2.75) is 26.0 Å². The summed E-state index contributed by atoms with van der Waals surface area (Å²) in [7, 11) is 0. The topological polar surface area (TPSA) is 83.3 Å². The molecule has 0 aliphatic carbocycles. The zero-order valence-corrected chi connectivity index (χ0v) is 20.1. The van der Waals surface area contributed by atoms with E-state index in [4.69, 9.17) is 21.1 Å². The van der Waals surface area contributed by atoms with Gasteiger partial charge in [0.05, 0.1) is 38.4 Å². The van der Waals surface area contributed by atoms with Crippen molar-refractivity contribution in [3.8, 4) is 5.75 Å². The lowest BCUT2D eigenvalue weighted by Gasteiger charge is -2.30. The van der Waals surface area contributed by atoms with E-state index in [-0.39, 0.29) is 11.7 Å². The fraction of sp³-hybridized carbons (Fsp3) is 0.385. The number of likely N-dealkylation sites (tertiary alicyclic amines) is 1. The summed E-state index contributed by atoms with van der Waals surface area (Å²) >= 11 is 5.97. The van der Waals surface area contributed by atoms with Gasteiger partial charge in [0.15, 0.2) is 0 Å². The lowest BCUT2D eigenvalue weighted by Crippen LogP contribution is -3.14. The number of amides is 1. The number of nitrogens with one attached hydrogen (secondary N) is 1. The molecular formula is C26H29ClN2O5. The molecule has 2 heterocycles. The van der Waals surface area contributed by atoms with Gasteiger partial charge in [-0.15, -0.1) is 0 Å². The first-order valence-corrected chi connectivity index (χ1v) is 11.9. The minimum atomic E-state index is -0.753. The minimum Gasteiger partial charge on any atom is -0.872 e. The lowest BCUT2D eigenvalue weighted by molar-refractivity contribution is -0.907. The molecule has 2 aliphatic rings. The first-order chi connectivity index (χ1) is 16.3. The van der Waals surface area contributed by atoms with Gasteiger partial charge < -0.3 is 24.4 Å². The van der Waals surface area contributed by atoms with Crippen LogP contribution in [0.15, 0.2) is 54.1 Å². The third kappa shape index (κ3) is 5.27. The molecule has 2 aliphatic heterocycles. The van der Waals surface area contributed by atoms with E-state index in [1.54, 1.807) is 36.4 Å². The Morgan fingerprint density at radius 1 is 1.12 bits per heavy atom. The molecule has 2 fully saturated rings.